The smallest absolute Gasteiger partial charge is 0.255 e. The number of carbonyl (C=O) groups excluding carboxylic acids is 1. The van der Waals surface area contributed by atoms with Crippen LogP contribution >= 0.6 is 0 Å². The average Bonchev–Trinajstić information content (AvgIpc) is 3.16. The third kappa shape index (κ3) is 4.66. The highest BCUT2D eigenvalue weighted by molar-refractivity contribution is 7.89. The Morgan fingerprint density at radius 1 is 1.12 bits per heavy atom. The quantitative estimate of drug-likeness (QED) is 0.809. The number of carbonyl (C=O) groups is 1. The standard InChI is InChI=1S/C18H19FN2O4S/c19-14-5-7-15(8-6-14)21-18(22)13-3-9-17(10-4-13)26(23,24)20-12-16-2-1-11-25-16/h3-10,16,20H,1-2,11-12H2,(H,21,22)/t16-/m1/s1. The summed E-state index contributed by atoms with van der Waals surface area (Å²) in [4.78, 5) is 12.3. The molecule has 26 heavy (non-hydrogen) atoms. The Morgan fingerprint density at radius 3 is 2.42 bits per heavy atom. The van der Waals surface area contributed by atoms with Crippen LogP contribution in [0.5, 0.6) is 0 Å². The van der Waals surface area contributed by atoms with Crippen molar-refractivity contribution in [1.82, 2.24) is 4.72 Å². The minimum Gasteiger partial charge on any atom is -0.377 e. The molecule has 1 heterocycles. The maximum atomic E-state index is 12.9. The molecule has 1 fully saturated rings. The second-order valence-corrected chi connectivity index (χ2v) is 7.74. The summed E-state index contributed by atoms with van der Waals surface area (Å²) in [5.74, 6) is -0.805. The predicted octanol–water partition coefficient (Wildman–Crippen LogP) is 2.54. The van der Waals surface area contributed by atoms with Gasteiger partial charge in [0.05, 0.1) is 11.0 Å². The van der Waals surface area contributed by atoms with Crippen molar-refractivity contribution in [3.8, 4) is 0 Å². The second kappa shape index (κ2) is 7.94. The molecule has 1 saturated heterocycles. The number of ether oxygens (including phenoxy) is 1. The van der Waals surface area contributed by atoms with E-state index in [-0.39, 0.29) is 17.5 Å². The summed E-state index contributed by atoms with van der Waals surface area (Å²) in [6.07, 6.45) is 1.68. The van der Waals surface area contributed by atoms with Gasteiger partial charge in [0.1, 0.15) is 5.82 Å². The number of benzene rings is 2. The van der Waals surface area contributed by atoms with Gasteiger partial charge in [0, 0.05) is 24.4 Å². The summed E-state index contributed by atoms with van der Waals surface area (Å²) in [5, 5.41) is 2.62. The van der Waals surface area contributed by atoms with Gasteiger partial charge in [-0.25, -0.2) is 17.5 Å². The van der Waals surface area contributed by atoms with Crippen LogP contribution in [0.3, 0.4) is 0 Å². The van der Waals surface area contributed by atoms with E-state index in [1.54, 1.807) is 0 Å². The first-order chi connectivity index (χ1) is 12.4. The number of anilines is 1. The minimum absolute atomic E-state index is 0.0776. The highest BCUT2D eigenvalue weighted by Crippen LogP contribution is 2.15. The first-order valence-electron chi connectivity index (χ1n) is 8.22. The van der Waals surface area contributed by atoms with Gasteiger partial charge < -0.3 is 10.1 Å². The minimum atomic E-state index is -3.66. The molecule has 0 saturated carbocycles. The molecule has 0 spiro atoms. The Morgan fingerprint density at radius 2 is 1.81 bits per heavy atom. The number of amides is 1. The molecule has 2 N–H and O–H groups in total. The maximum absolute atomic E-state index is 12.9. The molecule has 0 unspecified atom stereocenters. The summed E-state index contributed by atoms with van der Waals surface area (Å²) in [6.45, 7) is 0.888. The van der Waals surface area contributed by atoms with Gasteiger partial charge in [0.25, 0.3) is 5.91 Å². The summed E-state index contributed by atoms with van der Waals surface area (Å²) < 4.78 is 45.4. The van der Waals surface area contributed by atoms with E-state index in [9.17, 15) is 17.6 Å². The molecular formula is C18H19FN2O4S. The Balaban J connectivity index is 1.63. The van der Waals surface area contributed by atoms with Crippen LogP contribution in [0.2, 0.25) is 0 Å². The molecule has 0 aromatic heterocycles. The molecule has 6 nitrogen and oxygen atoms in total. The van der Waals surface area contributed by atoms with Crippen LogP contribution < -0.4 is 10.0 Å². The van der Waals surface area contributed by atoms with Crippen LogP contribution in [0.25, 0.3) is 0 Å². The van der Waals surface area contributed by atoms with Crippen molar-refractivity contribution in [3.63, 3.8) is 0 Å². The molecule has 1 amide bonds. The van der Waals surface area contributed by atoms with Crippen molar-refractivity contribution in [3.05, 3.63) is 59.9 Å². The van der Waals surface area contributed by atoms with Crippen LogP contribution in [0.1, 0.15) is 23.2 Å². The van der Waals surface area contributed by atoms with E-state index in [0.29, 0.717) is 17.9 Å². The van der Waals surface area contributed by atoms with Gasteiger partial charge >= 0.3 is 0 Å². The molecule has 1 atom stereocenters. The zero-order chi connectivity index (χ0) is 18.6. The number of nitrogens with one attached hydrogen (secondary N) is 2. The fourth-order valence-electron chi connectivity index (χ4n) is 2.61. The third-order valence-electron chi connectivity index (χ3n) is 4.05. The Bertz CT molecular complexity index is 861. The first kappa shape index (κ1) is 18.5. The van der Waals surface area contributed by atoms with Crippen molar-refractivity contribution >= 4 is 21.6 Å². The SMILES string of the molecule is O=C(Nc1ccc(F)cc1)c1ccc(S(=O)(=O)NC[C@H]2CCCO2)cc1. The van der Waals surface area contributed by atoms with Crippen LogP contribution in [-0.2, 0) is 14.8 Å². The van der Waals surface area contributed by atoms with E-state index in [2.05, 4.69) is 10.0 Å². The fraction of sp³-hybridized carbons (Fsp3) is 0.278. The molecule has 0 aliphatic carbocycles. The lowest BCUT2D eigenvalue weighted by molar-refractivity contribution is 0.102. The molecular weight excluding hydrogens is 359 g/mol. The Kier molecular flexibility index (Phi) is 5.65. The first-order valence-corrected chi connectivity index (χ1v) is 9.71. The topological polar surface area (TPSA) is 84.5 Å². The number of hydrogen-bond donors (Lipinski definition) is 2. The molecule has 2 aromatic carbocycles. The molecule has 1 aliphatic rings. The molecule has 0 bridgehead atoms. The molecule has 138 valence electrons. The largest absolute Gasteiger partial charge is 0.377 e. The lowest BCUT2D eigenvalue weighted by atomic mass is 10.2. The number of halogens is 1. The lowest BCUT2D eigenvalue weighted by Crippen LogP contribution is -2.31. The second-order valence-electron chi connectivity index (χ2n) is 5.97. The van der Waals surface area contributed by atoms with Crippen molar-refractivity contribution in [2.45, 2.75) is 23.8 Å². The van der Waals surface area contributed by atoms with Crippen molar-refractivity contribution in [2.75, 3.05) is 18.5 Å². The van der Waals surface area contributed by atoms with Gasteiger partial charge in [-0.05, 0) is 61.4 Å². The summed E-state index contributed by atoms with van der Waals surface area (Å²) in [7, 11) is -3.66. The molecule has 1 aliphatic heterocycles. The van der Waals surface area contributed by atoms with Gasteiger partial charge in [-0.3, -0.25) is 4.79 Å². The monoisotopic (exact) mass is 378 g/mol. The molecule has 3 rings (SSSR count). The number of hydrogen-bond acceptors (Lipinski definition) is 4. The van der Waals surface area contributed by atoms with E-state index < -0.39 is 21.7 Å². The Labute approximate surface area is 151 Å². The fourth-order valence-corrected chi connectivity index (χ4v) is 3.68. The summed E-state index contributed by atoms with van der Waals surface area (Å²) in [6, 6.07) is 11.0. The third-order valence-corrected chi connectivity index (χ3v) is 5.49. The zero-order valence-electron chi connectivity index (χ0n) is 13.9. The van der Waals surface area contributed by atoms with E-state index in [0.717, 1.165) is 12.8 Å². The van der Waals surface area contributed by atoms with Crippen molar-refractivity contribution in [2.24, 2.45) is 0 Å². The highest BCUT2D eigenvalue weighted by Gasteiger charge is 2.20. The molecule has 0 radical (unpaired) electrons. The number of sulfonamides is 1. The Hall–Kier alpha value is -2.29. The van der Waals surface area contributed by atoms with E-state index >= 15 is 0 Å². The van der Waals surface area contributed by atoms with E-state index in [1.165, 1.54) is 48.5 Å². The van der Waals surface area contributed by atoms with E-state index in [1.807, 2.05) is 0 Å². The maximum Gasteiger partial charge on any atom is 0.255 e. The van der Waals surface area contributed by atoms with Crippen molar-refractivity contribution in [1.29, 1.82) is 0 Å². The van der Waals surface area contributed by atoms with E-state index in [4.69, 9.17) is 4.74 Å². The number of rotatable bonds is 6. The van der Waals surface area contributed by atoms with Crippen LogP contribution in [0.4, 0.5) is 10.1 Å². The van der Waals surface area contributed by atoms with Crippen LogP contribution in [0, 0.1) is 5.82 Å². The van der Waals surface area contributed by atoms with Crippen molar-refractivity contribution < 1.29 is 22.3 Å². The van der Waals surface area contributed by atoms with Gasteiger partial charge in [-0.2, -0.15) is 0 Å². The zero-order valence-corrected chi connectivity index (χ0v) is 14.8. The normalized spacial score (nSPS) is 17.2. The lowest BCUT2D eigenvalue weighted by Gasteiger charge is -2.12. The summed E-state index contributed by atoms with van der Waals surface area (Å²) in [5.41, 5.74) is 0.749. The molecule has 8 heteroatoms. The highest BCUT2D eigenvalue weighted by atomic mass is 32.2. The average molecular weight is 378 g/mol. The van der Waals surface area contributed by atoms with Gasteiger partial charge in [0.15, 0.2) is 0 Å². The van der Waals surface area contributed by atoms with Crippen LogP contribution in [-0.4, -0.2) is 33.6 Å². The van der Waals surface area contributed by atoms with Crippen LogP contribution in [0.15, 0.2) is 53.4 Å². The summed E-state index contributed by atoms with van der Waals surface area (Å²) >= 11 is 0. The van der Waals surface area contributed by atoms with Gasteiger partial charge in [0.2, 0.25) is 10.0 Å². The van der Waals surface area contributed by atoms with Gasteiger partial charge in [-0.1, -0.05) is 0 Å². The molecule has 2 aromatic rings. The van der Waals surface area contributed by atoms with Gasteiger partial charge in [-0.15, -0.1) is 0 Å². The predicted molar refractivity (Wildman–Crippen MR) is 95.0 cm³/mol.